The Bertz CT molecular complexity index is 776. The average molecular weight is 286 g/mol. The maximum atomic E-state index is 4.74. The minimum atomic E-state index is 0.363. The van der Waals surface area contributed by atoms with Gasteiger partial charge in [-0.15, -0.1) is 0 Å². The van der Waals surface area contributed by atoms with Crippen LogP contribution in [0.3, 0.4) is 0 Å². The van der Waals surface area contributed by atoms with Gasteiger partial charge in [0.15, 0.2) is 5.16 Å². The van der Waals surface area contributed by atoms with E-state index in [0.29, 0.717) is 6.04 Å². The highest BCUT2D eigenvalue weighted by molar-refractivity contribution is 7.99. The first kappa shape index (κ1) is 13.4. The Balaban J connectivity index is 2.40. The molecule has 0 saturated carbocycles. The predicted molar refractivity (Wildman–Crippen MR) is 84.3 cm³/mol. The summed E-state index contributed by atoms with van der Waals surface area (Å²) in [7, 11) is 0. The van der Waals surface area contributed by atoms with Crippen molar-refractivity contribution in [3.05, 3.63) is 24.2 Å². The number of fused-ring (bicyclic) bond motifs is 3. The molecule has 0 radical (unpaired) electrons. The number of imidazole rings is 1. The summed E-state index contributed by atoms with van der Waals surface area (Å²) in [4.78, 5) is 13.7. The van der Waals surface area contributed by atoms with E-state index in [2.05, 4.69) is 48.3 Å². The summed E-state index contributed by atoms with van der Waals surface area (Å²) in [6, 6.07) is 2.48. The number of hydrogen-bond donors (Lipinski definition) is 0. The van der Waals surface area contributed by atoms with Crippen LogP contribution in [0, 0.1) is 6.92 Å². The standard InChI is InChI=1S/C15H18N4S/c1-5-20-15-16-7-11-6-10(4)12-14(13(11)18-15)19(8-17-12)9(2)3/h6-9H,5H2,1-4H3. The summed E-state index contributed by atoms with van der Waals surface area (Å²) in [6.07, 6.45) is 3.83. The molecule has 0 unspecified atom stereocenters. The maximum absolute atomic E-state index is 4.74. The van der Waals surface area contributed by atoms with E-state index >= 15 is 0 Å². The lowest BCUT2D eigenvalue weighted by atomic mass is 10.1. The average Bonchev–Trinajstić information content (AvgIpc) is 2.86. The van der Waals surface area contributed by atoms with Crippen LogP contribution in [0.1, 0.15) is 32.4 Å². The van der Waals surface area contributed by atoms with Crippen LogP contribution in [0.25, 0.3) is 21.9 Å². The van der Waals surface area contributed by atoms with Gasteiger partial charge in [-0.1, -0.05) is 18.7 Å². The Morgan fingerprint density at radius 1 is 1.25 bits per heavy atom. The summed E-state index contributed by atoms with van der Waals surface area (Å²) in [5.41, 5.74) is 4.34. The fourth-order valence-corrected chi connectivity index (χ4v) is 2.99. The molecule has 20 heavy (non-hydrogen) atoms. The highest BCUT2D eigenvalue weighted by Gasteiger charge is 2.14. The van der Waals surface area contributed by atoms with Crippen LogP contribution >= 0.6 is 11.8 Å². The molecule has 3 rings (SSSR count). The molecule has 3 aromatic rings. The van der Waals surface area contributed by atoms with Crippen molar-refractivity contribution in [2.24, 2.45) is 0 Å². The van der Waals surface area contributed by atoms with E-state index in [-0.39, 0.29) is 0 Å². The summed E-state index contributed by atoms with van der Waals surface area (Å²) < 4.78 is 2.19. The van der Waals surface area contributed by atoms with Crippen LogP contribution in [0.5, 0.6) is 0 Å². The molecule has 0 fully saturated rings. The van der Waals surface area contributed by atoms with Crippen molar-refractivity contribution in [2.75, 3.05) is 5.75 Å². The Kier molecular flexibility index (Phi) is 3.38. The number of benzene rings is 1. The van der Waals surface area contributed by atoms with Crippen LogP contribution < -0.4 is 0 Å². The smallest absolute Gasteiger partial charge is 0.188 e. The molecular weight excluding hydrogens is 268 g/mol. The molecule has 0 spiro atoms. The van der Waals surface area contributed by atoms with Gasteiger partial charge in [0.1, 0.15) is 5.52 Å². The highest BCUT2D eigenvalue weighted by atomic mass is 32.2. The van der Waals surface area contributed by atoms with Gasteiger partial charge in [-0.05, 0) is 38.2 Å². The first-order valence-electron chi connectivity index (χ1n) is 6.87. The molecule has 0 N–H and O–H groups in total. The lowest BCUT2D eigenvalue weighted by Crippen LogP contribution is -2.00. The van der Waals surface area contributed by atoms with Crippen LogP contribution in [0.15, 0.2) is 23.7 Å². The van der Waals surface area contributed by atoms with Gasteiger partial charge in [-0.2, -0.15) is 0 Å². The molecule has 0 bridgehead atoms. The number of aryl methyl sites for hydroxylation is 1. The van der Waals surface area contributed by atoms with Crippen LogP contribution in [0.2, 0.25) is 0 Å². The quantitative estimate of drug-likeness (QED) is 0.539. The number of aromatic nitrogens is 4. The summed E-state index contributed by atoms with van der Waals surface area (Å²) in [6.45, 7) is 8.53. The van der Waals surface area contributed by atoms with Crippen molar-refractivity contribution >= 4 is 33.7 Å². The van der Waals surface area contributed by atoms with Gasteiger partial charge in [0.25, 0.3) is 0 Å². The normalized spacial score (nSPS) is 11.8. The summed E-state index contributed by atoms with van der Waals surface area (Å²) >= 11 is 1.67. The minimum absolute atomic E-state index is 0.363. The molecule has 0 aliphatic rings. The molecule has 0 atom stereocenters. The second-order valence-corrected chi connectivity index (χ2v) is 6.39. The van der Waals surface area contributed by atoms with E-state index in [1.54, 1.807) is 11.8 Å². The van der Waals surface area contributed by atoms with Crippen molar-refractivity contribution in [1.82, 2.24) is 19.5 Å². The highest BCUT2D eigenvalue weighted by Crippen LogP contribution is 2.29. The molecule has 2 heterocycles. The zero-order chi connectivity index (χ0) is 14.3. The van der Waals surface area contributed by atoms with Crippen molar-refractivity contribution in [2.45, 2.75) is 38.9 Å². The maximum Gasteiger partial charge on any atom is 0.188 e. The number of nitrogens with zero attached hydrogens (tertiary/aromatic N) is 4. The van der Waals surface area contributed by atoms with Gasteiger partial charge in [0.05, 0.1) is 17.4 Å². The summed E-state index contributed by atoms with van der Waals surface area (Å²) in [5, 5.41) is 1.92. The van der Waals surface area contributed by atoms with E-state index in [0.717, 1.165) is 32.8 Å². The molecule has 0 aliphatic carbocycles. The van der Waals surface area contributed by atoms with Gasteiger partial charge >= 0.3 is 0 Å². The van der Waals surface area contributed by atoms with Crippen molar-refractivity contribution in [1.29, 1.82) is 0 Å². The van der Waals surface area contributed by atoms with Gasteiger partial charge in [-0.25, -0.2) is 15.0 Å². The van der Waals surface area contributed by atoms with Gasteiger partial charge in [0.2, 0.25) is 0 Å². The Labute approximate surface area is 122 Å². The second kappa shape index (κ2) is 5.05. The van der Waals surface area contributed by atoms with E-state index in [1.165, 1.54) is 5.56 Å². The first-order chi connectivity index (χ1) is 9.61. The van der Waals surface area contributed by atoms with E-state index < -0.39 is 0 Å². The van der Waals surface area contributed by atoms with Crippen LogP contribution in [-0.2, 0) is 0 Å². The van der Waals surface area contributed by atoms with Crippen LogP contribution in [0.4, 0.5) is 0 Å². The van der Waals surface area contributed by atoms with Crippen LogP contribution in [-0.4, -0.2) is 25.3 Å². The predicted octanol–water partition coefficient (Wildman–Crippen LogP) is 3.98. The Morgan fingerprint density at radius 3 is 2.75 bits per heavy atom. The second-order valence-electron chi connectivity index (χ2n) is 5.16. The molecule has 5 heteroatoms. The summed E-state index contributed by atoms with van der Waals surface area (Å²) in [5.74, 6) is 0.976. The number of rotatable bonds is 3. The van der Waals surface area contributed by atoms with Gasteiger partial charge < -0.3 is 4.57 Å². The first-order valence-corrected chi connectivity index (χ1v) is 7.86. The molecule has 4 nitrogen and oxygen atoms in total. The molecular formula is C15H18N4S. The van der Waals surface area contributed by atoms with Gasteiger partial charge in [-0.3, -0.25) is 0 Å². The monoisotopic (exact) mass is 286 g/mol. The third-order valence-electron chi connectivity index (χ3n) is 3.39. The molecule has 0 aliphatic heterocycles. The Morgan fingerprint density at radius 2 is 2.05 bits per heavy atom. The van der Waals surface area contributed by atoms with Crippen molar-refractivity contribution in [3.63, 3.8) is 0 Å². The minimum Gasteiger partial charge on any atom is -0.326 e. The zero-order valence-electron chi connectivity index (χ0n) is 12.2. The van der Waals surface area contributed by atoms with E-state index in [1.807, 2.05) is 12.5 Å². The number of thioether (sulfide) groups is 1. The molecule has 0 amide bonds. The fourth-order valence-electron chi connectivity index (χ4n) is 2.45. The molecule has 0 saturated heterocycles. The van der Waals surface area contributed by atoms with Gasteiger partial charge in [0, 0.05) is 17.6 Å². The SMILES string of the molecule is CCSc1ncc2cc(C)c3ncn(C(C)C)c3c2n1. The molecule has 1 aromatic carbocycles. The van der Waals surface area contributed by atoms with E-state index in [9.17, 15) is 0 Å². The zero-order valence-corrected chi connectivity index (χ0v) is 13.0. The van der Waals surface area contributed by atoms with Crippen molar-refractivity contribution < 1.29 is 0 Å². The lowest BCUT2D eigenvalue weighted by molar-refractivity contribution is 0.618. The molecule has 104 valence electrons. The number of hydrogen-bond acceptors (Lipinski definition) is 4. The third-order valence-corrected chi connectivity index (χ3v) is 4.13. The fraction of sp³-hybridized carbons (Fsp3) is 0.400. The lowest BCUT2D eigenvalue weighted by Gasteiger charge is -2.11. The van der Waals surface area contributed by atoms with E-state index in [4.69, 9.17) is 4.98 Å². The topological polar surface area (TPSA) is 43.6 Å². The Hall–Kier alpha value is -1.62. The molecule has 2 aromatic heterocycles. The van der Waals surface area contributed by atoms with Crippen molar-refractivity contribution in [3.8, 4) is 0 Å². The largest absolute Gasteiger partial charge is 0.326 e. The third kappa shape index (κ3) is 2.06.